The van der Waals surface area contributed by atoms with Gasteiger partial charge in [-0.15, -0.1) is 0 Å². The molecule has 1 aromatic carbocycles. The lowest BCUT2D eigenvalue weighted by molar-refractivity contribution is -0.142. The lowest BCUT2D eigenvalue weighted by Crippen LogP contribution is -2.53. The summed E-state index contributed by atoms with van der Waals surface area (Å²) in [5.74, 6) is 0.216. The minimum absolute atomic E-state index is 0.0182. The van der Waals surface area contributed by atoms with Crippen LogP contribution in [0.1, 0.15) is 26.3 Å². The molecule has 0 saturated carbocycles. The third-order valence-corrected chi connectivity index (χ3v) is 5.84. The number of amides is 1. The highest BCUT2D eigenvalue weighted by Crippen LogP contribution is 2.38. The summed E-state index contributed by atoms with van der Waals surface area (Å²) in [7, 11) is -3.54. The second-order valence-electron chi connectivity index (χ2n) is 7.77. The Hall–Kier alpha value is -1.80. The van der Waals surface area contributed by atoms with Crippen molar-refractivity contribution in [1.82, 2.24) is 4.90 Å². The number of sulfonamides is 1. The third kappa shape index (κ3) is 3.81. The number of rotatable bonds is 2. The smallest absolute Gasteiger partial charge is 0.265 e. The predicted molar refractivity (Wildman–Crippen MR) is 99.1 cm³/mol. The molecule has 26 heavy (non-hydrogen) atoms. The molecule has 0 N–H and O–H groups in total. The first-order valence-corrected chi connectivity index (χ1v) is 10.6. The van der Waals surface area contributed by atoms with Gasteiger partial charge in [-0.25, -0.2) is 8.42 Å². The summed E-state index contributed by atoms with van der Waals surface area (Å²) in [6, 6.07) is 5.51. The Morgan fingerprint density at radius 2 is 1.85 bits per heavy atom. The molecule has 1 amide bonds. The van der Waals surface area contributed by atoms with E-state index in [4.69, 9.17) is 9.47 Å². The van der Waals surface area contributed by atoms with Gasteiger partial charge in [0.1, 0.15) is 5.75 Å². The second-order valence-corrected chi connectivity index (χ2v) is 9.68. The molecule has 1 fully saturated rings. The van der Waals surface area contributed by atoms with Gasteiger partial charge < -0.3 is 14.4 Å². The molecule has 1 atom stereocenters. The van der Waals surface area contributed by atoms with Crippen molar-refractivity contribution in [2.75, 3.05) is 43.4 Å². The van der Waals surface area contributed by atoms with Gasteiger partial charge in [0, 0.05) is 13.1 Å². The van der Waals surface area contributed by atoms with E-state index in [1.165, 1.54) is 4.31 Å². The van der Waals surface area contributed by atoms with Crippen molar-refractivity contribution in [3.63, 3.8) is 0 Å². The molecule has 2 aliphatic rings. The summed E-state index contributed by atoms with van der Waals surface area (Å²) in [5.41, 5.74) is 1.37. The number of benzene rings is 1. The highest BCUT2D eigenvalue weighted by atomic mass is 32.2. The first kappa shape index (κ1) is 19.0. The van der Waals surface area contributed by atoms with Gasteiger partial charge in [-0.05, 0) is 23.1 Å². The Morgan fingerprint density at radius 1 is 1.19 bits per heavy atom. The van der Waals surface area contributed by atoms with Crippen LogP contribution < -0.4 is 9.04 Å². The van der Waals surface area contributed by atoms with E-state index >= 15 is 0 Å². The lowest BCUT2D eigenvalue weighted by atomic mass is 9.86. The van der Waals surface area contributed by atoms with Crippen LogP contribution >= 0.6 is 0 Å². The molecule has 8 heteroatoms. The molecule has 3 rings (SSSR count). The van der Waals surface area contributed by atoms with Gasteiger partial charge in [-0.1, -0.05) is 26.8 Å². The van der Waals surface area contributed by atoms with E-state index in [1.54, 1.807) is 11.0 Å². The number of hydrogen-bond donors (Lipinski definition) is 0. The van der Waals surface area contributed by atoms with E-state index in [2.05, 4.69) is 20.8 Å². The van der Waals surface area contributed by atoms with Crippen molar-refractivity contribution in [3.05, 3.63) is 23.8 Å². The van der Waals surface area contributed by atoms with Crippen molar-refractivity contribution in [2.24, 2.45) is 0 Å². The van der Waals surface area contributed by atoms with Gasteiger partial charge in [0.05, 0.1) is 31.7 Å². The highest BCUT2D eigenvalue weighted by Gasteiger charge is 2.37. The molecule has 7 nitrogen and oxygen atoms in total. The van der Waals surface area contributed by atoms with Crippen LogP contribution in [0, 0.1) is 0 Å². The van der Waals surface area contributed by atoms with Crippen LogP contribution in [-0.4, -0.2) is 64.4 Å². The highest BCUT2D eigenvalue weighted by molar-refractivity contribution is 7.92. The van der Waals surface area contributed by atoms with Gasteiger partial charge in [0.2, 0.25) is 10.0 Å². The average Bonchev–Trinajstić information content (AvgIpc) is 2.58. The topological polar surface area (TPSA) is 76.2 Å². The molecule has 2 heterocycles. The first-order chi connectivity index (χ1) is 12.1. The summed E-state index contributed by atoms with van der Waals surface area (Å²) < 4.78 is 37.2. The van der Waals surface area contributed by atoms with E-state index < -0.39 is 16.1 Å². The zero-order valence-corrected chi connectivity index (χ0v) is 16.5. The molecule has 1 saturated heterocycles. The largest absolute Gasteiger partial charge is 0.476 e. The quantitative estimate of drug-likeness (QED) is 0.772. The number of fused-ring (bicyclic) bond motifs is 1. The summed E-state index contributed by atoms with van der Waals surface area (Å²) in [4.78, 5) is 14.5. The summed E-state index contributed by atoms with van der Waals surface area (Å²) in [6.45, 7) is 8.13. The number of nitrogens with zero attached hydrogens (tertiary/aromatic N) is 2. The maximum Gasteiger partial charge on any atom is 0.265 e. The normalized spacial score (nSPS) is 21.2. The van der Waals surface area contributed by atoms with Crippen LogP contribution in [0.2, 0.25) is 0 Å². The average molecular weight is 382 g/mol. The Bertz CT molecular complexity index is 794. The molecular weight excluding hydrogens is 356 g/mol. The SMILES string of the molecule is CC(C)(C)c1ccc2c(c1)N(S(C)(=O)=O)CC(C(=O)N1CCOCC1)O2. The fourth-order valence-corrected chi connectivity index (χ4v) is 4.05. The summed E-state index contributed by atoms with van der Waals surface area (Å²) in [5, 5.41) is 0. The molecular formula is C18H26N2O5S. The zero-order valence-electron chi connectivity index (χ0n) is 15.7. The zero-order chi connectivity index (χ0) is 19.1. The minimum Gasteiger partial charge on any atom is -0.476 e. The van der Waals surface area contributed by atoms with Crippen LogP contribution in [0.5, 0.6) is 5.75 Å². The second kappa shape index (κ2) is 6.74. The molecule has 1 unspecified atom stereocenters. The number of ether oxygens (including phenoxy) is 2. The molecule has 0 spiro atoms. The number of morpholine rings is 1. The first-order valence-electron chi connectivity index (χ1n) is 8.73. The predicted octanol–water partition coefficient (Wildman–Crippen LogP) is 1.37. The van der Waals surface area contributed by atoms with Gasteiger partial charge in [-0.2, -0.15) is 0 Å². The van der Waals surface area contributed by atoms with Gasteiger partial charge in [0.25, 0.3) is 5.91 Å². The van der Waals surface area contributed by atoms with Crippen molar-refractivity contribution in [3.8, 4) is 5.75 Å². The van der Waals surface area contributed by atoms with E-state index in [9.17, 15) is 13.2 Å². The monoisotopic (exact) mass is 382 g/mol. The molecule has 0 aromatic heterocycles. The molecule has 0 radical (unpaired) electrons. The fraction of sp³-hybridized carbons (Fsp3) is 0.611. The van der Waals surface area contributed by atoms with Crippen molar-refractivity contribution >= 4 is 21.6 Å². The van der Waals surface area contributed by atoms with Crippen LogP contribution in [0.3, 0.4) is 0 Å². The van der Waals surface area contributed by atoms with Crippen LogP contribution in [0.15, 0.2) is 18.2 Å². The van der Waals surface area contributed by atoms with Crippen molar-refractivity contribution in [1.29, 1.82) is 0 Å². The maximum atomic E-state index is 12.8. The van der Waals surface area contributed by atoms with Crippen molar-refractivity contribution < 1.29 is 22.7 Å². The van der Waals surface area contributed by atoms with Crippen LogP contribution in [-0.2, 0) is 25.0 Å². The lowest BCUT2D eigenvalue weighted by Gasteiger charge is -2.37. The summed E-state index contributed by atoms with van der Waals surface area (Å²) >= 11 is 0. The number of anilines is 1. The van der Waals surface area contributed by atoms with E-state index in [0.717, 1.165) is 11.8 Å². The maximum absolute atomic E-state index is 12.8. The molecule has 2 aliphatic heterocycles. The Labute approximate surface area is 154 Å². The number of hydrogen-bond acceptors (Lipinski definition) is 5. The van der Waals surface area contributed by atoms with Crippen LogP contribution in [0.4, 0.5) is 5.69 Å². The number of carbonyl (C=O) groups excluding carboxylic acids is 1. The molecule has 1 aromatic rings. The van der Waals surface area contributed by atoms with Crippen molar-refractivity contribution in [2.45, 2.75) is 32.3 Å². The Morgan fingerprint density at radius 3 is 2.42 bits per heavy atom. The molecule has 144 valence electrons. The van der Waals surface area contributed by atoms with Gasteiger partial charge in [0.15, 0.2) is 6.10 Å². The molecule has 0 bridgehead atoms. The standard InChI is InChI=1S/C18H26N2O5S/c1-18(2,3)13-5-6-15-14(11-13)20(26(4,22)23)12-16(25-15)17(21)19-7-9-24-10-8-19/h5-6,11,16H,7-10,12H2,1-4H3. The fourth-order valence-electron chi connectivity index (χ4n) is 3.15. The van der Waals surface area contributed by atoms with Crippen LogP contribution in [0.25, 0.3) is 0 Å². The minimum atomic E-state index is -3.54. The van der Waals surface area contributed by atoms with E-state index in [0.29, 0.717) is 37.7 Å². The molecule has 0 aliphatic carbocycles. The summed E-state index contributed by atoms with van der Waals surface area (Å²) in [6.07, 6.45) is 0.304. The van der Waals surface area contributed by atoms with Gasteiger partial charge >= 0.3 is 0 Å². The van der Waals surface area contributed by atoms with Gasteiger partial charge in [-0.3, -0.25) is 9.10 Å². The Balaban J connectivity index is 1.95. The Kier molecular flexibility index (Phi) is 4.92. The number of carbonyl (C=O) groups is 1. The van der Waals surface area contributed by atoms with E-state index in [1.807, 2.05) is 12.1 Å². The third-order valence-electron chi connectivity index (χ3n) is 4.69. The van der Waals surface area contributed by atoms with E-state index in [-0.39, 0.29) is 17.9 Å².